The van der Waals surface area contributed by atoms with Gasteiger partial charge in [0, 0.05) is 13.0 Å². The Morgan fingerprint density at radius 1 is 1.33 bits per heavy atom. The highest BCUT2D eigenvalue weighted by Crippen LogP contribution is 2.02. The zero-order chi connectivity index (χ0) is 13.4. The summed E-state index contributed by atoms with van der Waals surface area (Å²) in [6.45, 7) is 2.26. The third-order valence-corrected chi connectivity index (χ3v) is 2.33. The monoisotopic (exact) mass is 251 g/mol. The van der Waals surface area contributed by atoms with E-state index in [1.54, 1.807) is 6.92 Å². The second-order valence-electron chi connectivity index (χ2n) is 4.15. The third kappa shape index (κ3) is 5.89. The molecule has 1 unspecified atom stereocenters. The molecule has 2 N–H and O–H groups in total. The van der Waals surface area contributed by atoms with Crippen LogP contribution in [0, 0.1) is 5.92 Å². The molecule has 1 aromatic carbocycles. The molecule has 5 heteroatoms. The van der Waals surface area contributed by atoms with Crippen molar-refractivity contribution in [2.45, 2.75) is 20.0 Å². The first kappa shape index (κ1) is 14.0. The summed E-state index contributed by atoms with van der Waals surface area (Å²) in [6.07, 6.45) is -0.505. The Morgan fingerprint density at radius 3 is 2.61 bits per heavy atom. The SMILES string of the molecule is CC(CNC(=O)OCc1ccccc1)CC(=O)O. The highest BCUT2D eigenvalue weighted by Gasteiger charge is 2.09. The van der Waals surface area contributed by atoms with Crippen molar-refractivity contribution in [1.82, 2.24) is 5.32 Å². The average Bonchev–Trinajstić information content (AvgIpc) is 2.34. The van der Waals surface area contributed by atoms with Gasteiger partial charge in [-0.05, 0) is 11.5 Å². The van der Waals surface area contributed by atoms with Crippen LogP contribution in [0.3, 0.4) is 0 Å². The van der Waals surface area contributed by atoms with Gasteiger partial charge < -0.3 is 15.2 Å². The first-order valence-electron chi connectivity index (χ1n) is 5.74. The lowest BCUT2D eigenvalue weighted by Gasteiger charge is -2.10. The fourth-order valence-electron chi connectivity index (χ4n) is 1.40. The molecule has 0 aliphatic heterocycles. The maximum atomic E-state index is 11.3. The number of nitrogens with one attached hydrogen (secondary N) is 1. The molecule has 1 atom stereocenters. The normalized spacial score (nSPS) is 11.6. The molecule has 0 radical (unpaired) electrons. The van der Waals surface area contributed by atoms with E-state index in [1.165, 1.54) is 0 Å². The minimum absolute atomic E-state index is 0.0268. The summed E-state index contributed by atoms with van der Waals surface area (Å²) in [6, 6.07) is 9.34. The van der Waals surface area contributed by atoms with Crippen LogP contribution in [0.2, 0.25) is 0 Å². The van der Waals surface area contributed by atoms with Crippen molar-refractivity contribution in [3.05, 3.63) is 35.9 Å². The van der Waals surface area contributed by atoms with Gasteiger partial charge in [-0.2, -0.15) is 0 Å². The number of amides is 1. The van der Waals surface area contributed by atoms with Gasteiger partial charge in [-0.25, -0.2) is 4.79 Å². The number of alkyl carbamates (subject to hydrolysis) is 1. The molecular formula is C13H17NO4. The third-order valence-electron chi connectivity index (χ3n) is 2.33. The molecule has 0 fully saturated rings. The number of hydrogen-bond acceptors (Lipinski definition) is 3. The van der Waals surface area contributed by atoms with Crippen LogP contribution in [-0.2, 0) is 16.1 Å². The number of carboxylic acid groups (broad SMARTS) is 1. The Bertz CT molecular complexity index is 391. The lowest BCUT2D eigenvalue weighted by atomic mass is 10.1. The molecular weight excluding hydrogens is 234 g/mol. The highest BCUT2D eigenvalue weighted by molar-refractivity contribution is 5.68. The lowest BCUT2D eigenvalue weighted by Crippen LogP contribution is -2.29. The molecule has 98 valence electrons. The first-order valence-corrected chi connectivity index (χ1v) is 5.74. The Hall–Kier alpha value is -2.04. The van der Waals surface area contributed by atoms with Gasteiger partial charge in [0.1, 0.15) is 6.61 Å². The fourth-order valence-corrected chi connectivity index (χ4v) is 1.40. The van der Waals surface area contributed by atoms with E-state index in [4.69, 9.17) is 9.84 Å². The van der Waals surface area contributed by atoms with Crippen LogP contribution in [0.25, 0.3) is 0 Å². The summed E-state index contributed by atoms with van der Waals surface area (Å²) in [4.78, 5) is 21.7. The number of carboxylic acids is 1. The van der Waals surface area contributed by atoms with E-state index >= 15 is 0 Å². The van der Waals surface area contributed by atoms with Gasteiger partial charge in [-0.1, -0.05) is 37.3 Å². The highest BCUT2D eigenvalue weighted by atomic mass is 16.5. The van der Waals surface area contributed by atoms with Crippen LogP contribution in [-0.4, -0.2) is 23.7 Å². The summed E-state index contributed by atoms with van der Waals surface area (Å²) >= 11 is 0. The van der Waals surface area contributed by atoms with Crippen LogP contribution in [0.15, 0.2) is 30.3 Å². The van der Waals surface area contributed by atoms with Crippen LogP contribution in [0.5, 0.6) is 0 Å². The van der Waals surface area contributed by atoms with Gasteiger partial charge in [-0.15, -0.1) is 0 Å². The van der Waals surface area contributed by atoms with Gasteiger partial charge in [0.2, 0.25) is 0 Å². The molecule has 0 saturated carbocycles. The lowest BCUT2D eigenvalue weighted by molar-refractivity contribution is -0.137. The summed E-state index contributed by atoms with van der Waals surface area (Å²) in [5, 5.41) is 11.1. The molecule has 1 rings (SSSR count). The van der Waals surface area contributed by atoms with E-state index in [2.05, 4.69) is 5.32 Å². The molecule has 0 spiro atoms. The van der Waals surface area contributed by atoms with Crippen molar-refractivity contribution < 1.29 is 19.4 Å². The van der Waals surface area contributed by atoms with E-state index in [1.807, 2.05) is 30.3 Å². The first-order chi connectivity index (χ1) is 8.58. The van der Waals surface area contributed by atoms with Gasteiger partial charge in [0.05, 0.1) is 0 Å². The number of benzene rings is 1. The Balaban J connectivity index is 2.20. The van der Waals surface area contributed by atoms with E-state index in [0.29, 0.717) is 6.54 Å². The molecule has 5 nitrogen and oxygen atoms in total. The van der Waals surface area contributed by atoms with Crippen LogP contribution < -0.4 is 5.32 Å². The molecule has 1 amide bonds. The predicted molar refractivity (Wildman–Crippen MR) is 66.0 cm³/mol. The Kier molecular flexibility index (Phi) is 5.70. The van der Waals surface area contributed by atoms with Crippen LogP contribution in [0.4, 0.5) is 4.79 Å². The van der Waals surface area contributed by atoms with Crippen molar-refractivity contribution in [3.8, 4) is 0 Å². The van der Waals surface area contributed by atoms with Crippen LogP contribution in [0.1, 0.15) is 18.9 Å². The van der Waals surface area contributed by atoms with Gasteiger partial charge in [0.15, 0.2) is 0 Å². The fraction of sp³-hybridized carbons (Fsp3) is 0.385. The molecule has 0 aromatic heterocycles. The number of carbonyl (C=O) groups excluding carboxylic acids is 1. The number of rotatable bonds is 6. The Morgan fingerprint density at radius 2 is 2.00 bits per heavy atom. The Labute approximate surface area is 106 Å². The molecule has 0 aliphatic carbocycles. The summed E-state index contributed by atoms with van der Waals surface area (Å²) < 4.78 is 4.99. The summed E-state index contributed by atoms with van der Waals surface area (Å²) in [7, 11) is 0. The number of hydrogen-bond donors (Lipinski definition) is 2. The standard InChI is InChI=1S/C13H17NO4/c1-10(7-12(15)16)8-14-13(17)18-9-11-5-3-2-4-6-11/h2-6,10H,7-9H2,1H3,(H,14,17)(H,15,16). The molecule has 1 aromatic rings. The summed E-state index contributed by atoms with van der Waals surface area (Å²) in [5.74, 6) is -0.992. The number of aliphatic carboxylic acids is 1. The largest absolute Gasteiger partial charge is 0.481 e. The van der Waals surface area contributed by atoms with Crippen LogP contribution >= 0.6 is 0 Å². The molecule has 0 saturated heterocycles. The second-order valence-corrected chi connectivity index (χ2v) is 4.15. The molecule has 18 heavy (non-hydrogen) atoms. The predicted octanol–water partition coefficient (Wildman–Crippen LogP) is 2.02. The van der Waals surface area contributed by atoms with Crippen molar-refractivity contribution in [3.63, 3.8) is 0 Å². The maximum absolute atomic E-state index is 11.3. The van der Waals surface area contributed by atoms with Crippen molar-refractivity contribution in [2.24, 2.45) is 5.92 Å². The smallest absolute Gasteiger partial charge is 0.407 e. The van der Waals surface area contributed by atoms with Crippen molar-refractivity contribution in [1.29, 1.82) is 0 Å². The van der Waals surface area contributed by atoms with Gasteiger partial charge in [0.25, 0.3) is 0 Å². The van der Waals surface area contributed by atoms with E-state index in [9.17, 15) is 9.59 Å². The minimum Gasteiger partial charge on any atom is -0.481 e. The van der Waals surface area contributed by atoms with Gasteiger partial charge in [-0.3, -0.25) is 4.79 Å². The topological polar surface area (TPSA) is 75.6 Å². The number of ether oxygens (including phenoxy) is 1. The van der Waals surface area contributed by atoms with E-state index in [-0.39, 0.29) is 18.9 Å². The van der Waals surface area contributed by atoms with Crippen molar-refractivity contribution >= 4 is 12.1 Å². The van der Waals surface area contributed by atoms with E-state index < -0.39 is 12.1 Å². The average molecular weight is 251 g/mol. The number of carbonyl (C=O) groups is 2. The quantitative estimate of drug-likeness (QED) is 0.811. The zero-order valence-corrected chi connectivity index (χ0v) is 10.3. The maximum Gasteiger partial charge on any atom is 0.407 e. The molecule has 0 aliphatic rings. The zero-order valence-electron chi connectivity index (χ0n) is 10.3. The van der Waals surface area contributed by atoms with Gasteiger partial charge >= 0.3 is 12.1 Å². The van der Waals surface area contributed by atoms with Crippen molar-refractivity contribution in [2.75, 3.05) is 6.54 Å². The molecule has 0 bridgehead atoms. The minimum atomic E-state index is -0.873. The summed E-state index contributed by atoms with van der Waals surface area (Å²) in [5.41, 5.74) is 0.909. The second kappa shape index (κ2) is 7.32. The molecule has 0 heterocycles. The van der Waals surface area contributed by atoms with E-state index in [0.717, 1.165) is 5.56 Å².